The second-order valence-corrected chi connectivity index (χ2v) is 7.59. The molecular weight excluding hydrogens is 304 g/mol. The van der Waals surface area contributed by atoms with Gasteiger partial charge in [0.15, 0.2) is 0 Å². The smallest absolute Gasteiger partial charge is 0.264 e. The number of aliphatic hydroxyl groups is 1. The molecule has 0 aliphatic carbocycles. The number of carbonyl (C=O) groups is 1. The molecule has 1 heterocycles. The van der Waals surface area contributed by atoms with Crippen LogP contribution in [0, 0.1) is 5.92 Å². The first-order chi connectivity index (χ1) is 10.3. The van der Waals surface area contributed by atoms with Gasteiger partial charge < -0.3 is 10.4 Å². The van der Waals surface area contributed by atoms with Crippen LogP contribution in [-0.2, 0) is 27.8 Å². The van der Waals surface area contributed by atoms with E-state index in [0.29, 0.717) is 12.1 Å². The van der Waals surface area contributed by atoms with Crippen LogP contribution in [0.2, 0.25) is 0 Å². The van der Waals surface area contributed by atoms with Crippen LogP contribution in [0.3, 0.4) is 0 Å². The molecule has 0 spiro atoms. The molecular formula is C15H22N2O4S. The van der Waals surface area contributed by atoms with Gasteiger partial charge in [-0.3, -0.25) is 4.79 Å². The van der Waals surface area contributed by atoms with Crippen molar-refractivity contribution >= 4 is 15.9 Å². The summed E-state index contributed by atoms with van der Waals surface area (Å²) in [7, 11) is -3.98. The van der Waals surface area contributed by atoms with Crippen molar-refractivity contribution in [3.63, 3.8) is 0 Å². The molecule has 1 aliphatic rings. The number of hydrogen-bond acceptors (Lipinski definition) is 5. The van der Waals surface area contributed by atoms with Crippen molar-refractivity contribution in [2.24, 2.45) is 5.92 Å². The van der Waals surface area contributed by atoms with Crippen molar-refractivity contribution in [3.8, 4) is 0 Å². The van der Waals surface area contributed by atoms with E-state index in [-0.39, 0.29) is 17.2 Å². The molecule has 1 aromatic rings. The molecule has 0 saturated carbocycles. The van der Waals surface area contributed by atoms with Crippen LogP contribution >= 0.6 is 0 Å². The third kappa shape index (κ3) is 3.85. The number of sulfonamides is 1. The van der Waals surface area contributed by atoms with Crippen LogP contribution in [0.4, 0.5) is 0 Å². The summed E-state index contributed by atoms with van der Waals surface area (Å²) in [6.07, 6.45) is -0.356. The minimum absolute atomic E-state index is 0.0946. The number of rotatable bonds is 5. The van der Waals surface area contributed by atoms with Gasteiger partial charge in [0, 0.05) is 6.54 Å². The van der Waals surface area contributed by atoms with Gasteiger partial charge in [-0.05, 0) is 42.5 Å². The molecule has 0 aromatic heterocycles. The maximum atomic E-state index is 12.4. The first-order valence-corrected chi connectivity index (χ1v) is 8.86. The molecule has 0 unspecified atom stereocenters. The van der Waals surface area contributed by atoms with Crippen molar-refractivity contribution < 1.29 is 18.3 Å². The Bertz CT molecular complexity index is 656. The summed E-state index contributed by atoms with van der Waals surface area (Å²) in [5.41, 5.74) is 1.66. The third-order valence-electron chi connectivity index (χ3n) is 3.62. The molecule has 22 heavy (non-hydrogen) atoms. The van der Waals surface area contributed by atoms with Gasteiger partial charge in [-0.2, -0.15) is 0 Å². The molecule has 1 atom stereocenters. The lowest BCUT2D eigenvalue weighted by Gasteiger charge is -2.21. The Morgan fingerprint density at radius 1 is 1.41 bits per heavy atom. The van der Waals surface area contributed by atoms with Gasteiger partial charge in [-0.25, -0.2) is 13.1 Å². The van der Waals surface area contributed by atoms with E-state index in [0.717, 1.165) is 18.5 Å². The Balaban J connectivity index is 2.23. The summed E-state index contributed by atoms with van der Waals surface area (Å²) in [5.74, 6) is -0.785. The lowest BCUT2D eigenvalue weighted by atomic mass is 10.0. The molecule has 0 fully saturated rings. The summed E-state index contributed by atoms with van der Waals surface area (Å²) in [4.78, 5) is 12.0. The van der Waals surface area contributed by atoms with E-state index < -0.39 is 22.0 Å². The highest BCUT2D eigenvalue weighted by Gasteiger charge is 2.27. The largest absolute Gasteiger partial charge is 0.383 e. The van der Waals surface area contributed by atoms with Crippen molar-refractivity contribution in [2.75, 3.05) is 6.54 Å². The second-order valence-electron chi connectivity index (χ2n) is 5.94. The monoisotopic (exact) mass is 326 g/mol. The van der Waals surface area contributed by atoms with E-state index in [1.54, 1.807) is 6.07 Å². The van der Waals surface area contributed by atoms with Crippen molar-refractivity contribution in [1.29, 1.82) is 0 Å². The fraction of sp³-hybridized carbons (Fsp3) is 0.533. The normalized spacial score (nSPS) is 16.2. The first kappa shape index (κ1) is 16.9. The summed E-state index contributed by atoms with van der Waals surface area (Å²) in [6, 6.07) is 5.05. The molecule has 0 bridgehead atoms. The number of aliphatic hydroxyl groups excluding tert-OH is 1. The Kier molecular flexibility index (Phi) is 5.20. The molecule has 122 valence electrons. The standard InChI is InChI=1S/C15H22N2O4S/c1-10(2)8-13(18)15(19)17-22(20,21)14-5-3-4-11-6-7-16-9-12(11)14/h3-5,10,13,16,18H,6-9H2,1-2H3,(H,17,19)/t13-/m0/s1. The lowest BCUT2D eigenvalue weighted by Crippen LogP contribution is -2.40. The molecule has 2 rings (SSSR count). The van der Waals surface area contributed by atoms with Crippen LogP contribution in [0.25, 0.3) is 0 Å². The number of hydrogen-bond donors (Lipinski definition) is 3. The highest BCUT2D eigenvalue weighted by molar-refractivity contribution is 7.90. The van der Waals surface area contributed by atoms with Crippen molar-refractivity contribution in [2.45, 2.75) is 44.2 Å². The average molecular weight is 326 g/mol. The van der Waals surface area contributed by atoms with E-state index in [4.69, 9.17) is 0 Å². The molecule has 0 saturated heterocycles. The Hall–Kier alpha value is -1.44. The maximum Gasteiger partial charge on any atom is 0.264 e. The van der Waals surface area contributed by atoms with E-state index in [1.807, 2.05) is 24.6 Å². The minimum atomic E-state index is -3.98. The first-order valence-electron chi connectivity index (χ1n) is 7.37. The van der Waals surface area contributed by atoms with E-state index in [1.165, 1.54) is 6.07 Å². The van der Waals surface area contributed by atoms with E-state index in [9.17, 15) is 18.3 Å². The quantitative estimate of drug-likeness (QED) is 0.734. The molecule has 1 aliphatic heterocycles. The lowest BCUT2D eigenvalue weighted by molar-refractivity contribution is -0.128. The fourth-order valence-corrected chi connectivity index (χ4v) is 3.84. The highest BCUT2D eigenvalue weighted by atomic mass is 32.2. The van der Waals surface area contributed by atoms with Gasteiger partial charge in [0.2, 0.25) is 0 Å². The van der Waals surface area contributed by atoms with Gasteiger partial charge in [-0.1, -0.05) is 26.0 Å². The minimum Gasteiger partial charge on any atom is -0.383 e. The number of fused-ring (bicyclic) bond motifs is 1. The number of benzene rings is 1. The summed E-state index contributed by atoms with van der Waals surface area (Å²) in [6.45, 7) is 4.96. The molecule has 1 aromatic carbocycles. The van der Waals surface area contributed by atoms with Crippen LogP contribution in [0.5, 0.6) is 0 Å². The Morgan fingerprint density at radius 3 is 2.82 bits per heavy atom. The van der Waals surface area contributed by atoms with Crippen molar-refractivity contribution in [3.05, 3.63) is 29.3 Å². The van der Waals surface area contributed by atoms with E-state index >= 15 is 0 Å². The predicted octanol–water partition coefficient (Wildman–Crippen LogP) is 0.544. The zero-order valence-corrected chi connectivity index (χ0v) is 13.6. The number of nitrogens with one attached hydrogen (secondary N) is 2. The van der Waals surface area contributed by atoms with Crippen LogP contribution < -0.4 is 10.0 Å². The molecule has 7 heteroatoms. The second kappa shape index (κ2) is 6.76. The zero-order chi connectivity index (χ0) is 16.3. The highest BCUT2D eigenvalue weighted by Crippen LogP contribution is 2.22. The number of amides is 1. The van der Waals surface area contributed by atoms with E-state index in [2.05, 4.69) is 5.32 Å². The topological polar surface area (TPSA) is 95.5 Å². The van der Waals surface area contributed by atoms with Gasteiger partial charge in [0.25, 0.3) is 15.9 Å². The molecule has 3 N–H and O–H groups in total. The number of carbonyl (C=O) groups excluding carboxylic acids is 1. The third-order valence-corrected chi connectivity index (χ3v) is 5.06. The molecule has 1 amide bonds. The fourth-order valence-electron chi connectivity index (χ4n) is 2.54. The maximum absolute atomic E-state index is 12.4. The Morgan fingerprint density at radius 2 is 2.14 bits per heavy atom. The van der Waals surface area contributed by atoms with Gasteiger partial charge >= 0.3 is 0 Å². The van der Waals surface area contributed by atoms with Gasteiger partial charge in [0.1, 0.15) is 6.10 Å². The SMILES string of the molecule is CC(C)C[C@H](O)C(=O)NS(=O)(=O)c1cccc2c1CNCC2. The van der Waals surface area contributed by atoms with Gasteiger partial charge in [0.05, 0.1) is 4.90 Å². The van der Waals surface area contributed by atoms with Crippen LogP contribution in [0.1, 0.15) is 31.4 Å². The van der Waals surface area contributed by atoms with Crippen molar-refractivity contribution in [1.82, 2.24) is 10.0 Å². The van der Waals surface area contributed by atoms with Crippen LogP contribution in [-0.4, -0.2) is 32.1 Å². The molecule has 6 nitrogen and oxygen atoms in total. The zero-order valence-electron chi connectivity index (χ0n) is 12.8. The van der Waals surface area contributed by atoms with Gasteiger partial charge in [-0.15, -0.1) is 0 Å². The Labute approximate surface area is 131 Å². The average Bonchev–Trinajstić information content (AvgIpc) is 2.45. The van der Waals surface area contributed by atoms with Crippen LogP contribution in [0.15, 0.2) is 23.1 Å². The molecule has 0 radical (unpaired) electrons. The predicted molar refractivity (Wildman–Crippen MR) is 82.6 cm³/mol. The summed E-state index contributed by atoms with van der Waals surface area (Å²) >= 11 is 0. The summed E-state index contributed by atoms with van der Waals surface area (Å²) < 4.78 is 26.9. The summed E-state index contributed by atoms with van der Waals surface area (Å²) in [5, 5.41) is 12.9.